The molecule has 0 saturated heterocycles. The molecule has 1 atom stereocenters. The van der Waals surface area contributed by atoms with Crippen LogP contribution < -0.4 is 4.74 Å². The Bertz CT molecular complexity index is 569. The predicted molar refractivity (Wildman–Crippen MR) is 72.1 cm³/mol. The Balaban J connectivity index is 3.51. The first-order chi connectivity index (χ1) is 9.57. The molecule has 0 amide bonds. The van der Waals surface area contributed by atoms with E-state index in [-0.39, 0.29) is 0 Å². The van der Waals surface area contributed by atoms with Crippen molar-refractivity contribution in [2.24, 2.45) is 5.92 Å². The van der Waals surface area contributed by atoms with Crippen LogP contribution >= 0.6 is 7.60 Å². The van der Waals surface area contributed by atoms with Crippen LogP contribution in [-0.2, 0) is 13.6 Å². The van der Waals surface area contributed by atoms with E-state index in [9.17, 15) is 4.57 Å². The summed E-state index contributed by atoms with van der Waals surface area (Å²) in [6.45, 7) is 0. The Morgan fingerprint density at radius 2 is 1.65 bits per heavy atom. The number of rotatable bonds is 6. The number of hydrogen-bond donors (Lipinski definition) is 0. The van der Waals surface area contributed by atoms with Crippen molar-refractivity contribution in [3.63, 3.8) is 0 Å². The average molecular weight is 294 g/mol. The van der Waals surface area contributed by atoms with Crippen molar-refractivity contribution >= 4 is 7.60 Å². The second-order valence-corrected chi connectivity index (χ2v) is 6.19. The van der Waals surface area contributed by atoms with Gasteiger partial charge in [-0.25, -0.2) is 0 Å². The van der Waals surface area contributed by atoms with E-state index in [1.807, 2.05) is 12.1 Å². The standard InChI is InChI=1S/C13H15N2O4P/c1-17-12-7-5-4-6-11(12)13(10(8-14)9-15)20(16,18-2)19-3/h4-7,10,13H,1-3H3. The third-order valence-electron chi connectivity index (χ3n) is 2.90. The molecule has 0 aliphatic carbocycles. The lowest BCUT2D eigenvalue weighted by Crippen LogP contribution is -2.13. The monoisotopic (exact) mass is 294 g/mol. The number of hydrogen-bond acceptors (Lipinski definition) is 6. The average Bonchev–Trinajstić information content (AvgIpc) is 2.51. The van der Waals surface area contributed by atoms with Crippen LogP contribution in [0.1, 0.15) is 11.2 Å². The van der Waals surface area contributed by atoms with Gasteiger partial charge in [0.05, 0.1) is 19.2 Å². The van der Waals surface area contributed by atoms with Gasteiger partial charge in [-0.05, 0) is 6.07 Å². The number of nitrogens with zero attached hydrogens (tertiary/aromatic N) is 2. The van der Waals surface area contributed by atoms with Gasteiger partial charge in [-0.1, -0.05) is 18.2 Å². The lowest BCUT2D eigenvalue weighted by Gasteiger charge is -2.26. The summed E-state index contributed by atoms with van der Waals surface area (Å²) in [5, 5.41) is 18.3. The van der Waals surface area contributed by atoms with Gasteiger partial charge in [-0.15, -0.1) is 0 Å². The van der Waals surface area contributed by atoms with E-state index in [0.717, 1.165) is 0 Å². The molecule has 0 aromatic heterocycles. The van der Waals surface area contributed by atoms with E-state index in [0.29, 0.717) is 11.3 Å². The minimum absolute atomic E-state index is 0.419. The number of para-hydroxylation sites is 1. The van der Waals surface area contributed by atoms with Crippen LogP contribution in [0, 0.1) is 28.6 Å². The van der Waals surface area contributed by atoms with Crippen molar-refractivity contribution in [1.29, 1.82) is 10.5 Å². The zero-order chi connectivity index (χ0) is 15.2. The van der Waals surface area contributed by atoms with Crippen molar-refractivity contribution in [3.8, 4) is 17.9 Å². The first-order valence-electron chi connectivity index (χ1n) is 5.71. The highest BCUT2D eigenvalue weighted by Gasteiger charge is 2.43. The molecule has 1 aromatic carbocycles. The van der Waals surface area contributed by atoms with Crippen LogP contribution in [0.4, 0.5) is 0 Å². The Labute approximate surface area is 118 Å². The SMILES string of the molecule is COc1ccccc1C(C(C#N)C#N)P(=O)(OC)OC. The van der Waals surface area contributed by atoms with Crippen molar-refractivity contribution < 1.29 is 18.3 Å². The molecule has 0 radical (unpaired) electrons. The maximum atomic E-state index is 12.7. The van der Waals surface area contributed by atoms with Gasteiger partial charge >= 0.3 is 7.60 Å². The third-order valence-corrected chi connectivity index (χ3v) is 5.18. The normalized spacial score (nSPS) is 12.5. The highest BCUT2D eigenvalue weighted by Crippen LogP contribution is 2.63. The zero-order valence-electron chi connectivity index (χ0n) is 11.4. The van der Waals surface area contributed by atoms with Gasteiger partial charge in [0.25, 0.3) is 0 Å². The molecule has 0 bridgehead atoms. The molecule has 0 spiro atoms. The van der Waals surface area contributed by atoms with E-state index in [1.54, 1.807) is 24.3 Å². The highest BCUT2D eigenvalue weighted by molar-refractivity contribution is 7.54. The van der Waals surface area contributed by atoms with Crippen molar-refractivity contribution in [2.75, 3.05) is 21.3 Å². The second-order valence-electron chi connectivity index (χ2n) is 3.83. The minimum atomic E-state index is -3.67. The topological polar surface area (TPSA) is 92.3 Å². The predicted octanol–water partition coefficient (Wildman–Crippen LogP) is 2.89. The van der Waals surface area contributed by atoms with Crippen molar-refractivity contribution in [1.82, 2.24) is 0 Å². The number of nitriles is 2. The minimum Gasteiger partial charge on any atom is -0.496 e. The number of benzene rings is 1. The van der Waals surface area contributed by atoms with Gasteiger partial charge in [0.1, 0.15) is 11.4 Å². The van der Waals surface area contributed by atoms with Gasteiger partial charge in [-0.3, -0.25) is 4.57 Å². The van der Waals surface area contributed by atoms with Gasteiger partial charge < -0.3 is 13.8 Å². The van der Waals surface area contributed by atoms with Gasteiger partial charge in [0.15, 0.2) is 5.92 Å². The fourth-order valence-corrected chi connectivity index (χ4v) is 3.57. The summed E-state index contributed by atoms with van der Waals surface area (Å²) in [5.41, 5.74) is -0.598. The summed E-state index contributed by atoms with van der Waals surface area (Å²) in [6.07, 6.45) is 0. The molecule has 0 N–H and O–H groups in total. The first-order valence-corrected chi connectivity index (χ1v) is 7.32. The van der Waals surface area contributed by atoms with E-state index in [4.69, 9.17) is 24.3 Å². The van der Waals surface area contributed by atoms with Crippen molar-refractivity contribution in [2.45, 2.75) is 5.66 Å². The van der Waals surface area contributed by atoms with E-state index >= 15 is 0 Å². The molecular weight excluding hydrogens is 279 g/mol. The molecule has 0 aliphatic rings. The molecule has 1 unspecified atom stereocenters. The second kappa shape index (κ2) is 7.07. The fourth-order valence-electron chi connectivity index (χ4n) is 1.91. The molecule has 0 heterocycles. The molecular formula is C13H15N2O4P. The summed E-state index contributed by atoms with van der Waals surface area (Å²) >= 11 is 0. The van der Waals surface area contributed by atoms with Gasteiger partial charge in [0.2, 0.25) is 0 Å². The number of methoxy groups -OCH3 is 1. The zero-order valence-corrected chi connectivity index (χ0v) is 12.3. The largest absolute Gasteiger partial charge is 0.496 e. The first kappa shape index (κ1) is 16.2. The van der Waals surface area contributed by atoms with Gasteiger partial charge in [0, 0.05) is 19.8 Å². The molecule has 106 valence electrons. The van der Waals surface area contributed by atoms with Gasteiger partial charge in [-0.2, -0.15) is 10.5 Å². The molecule has 20 heavy (non-hydrogen) atoms. The summed E-state index contributed by atoms with van der Waals surface area (Å²) in [7, 11) is 0.227. The summed E-state index contributed by atoms with van der Waals surface area (Å²) in [5.74, 6) is -0.764. The Hall–Kier alpha value is -1.85. The fraction of sp³-hybridized carbons (Fsp3) is 0.385. The molecule has 7 heteroatoms. The van der Waals surface area contributed by atoms with E-state index in [1.165, 1.54) is 21.3 Å². The van der Waals surface area contributed by atoms with E-state index < -0.39 is 19.2 Å². The molecule has 0 aliphatic heterocycles. The van der Waals surface area contributed by atoms with E-state index in [2.05, 4.69) is 0 Å². The van der Waals surface area contributed by atoms with Crippen LogP contribution in [-0.4, -0.2) is 21.3 Å². The quantitative estimate of drug-likeness (QED) is 0.749. The molecule has 0 fully saturated rings. The Morgan fingerprint density at radius 1 is 1.10 bits per heavy atom. The smallest absolute Gasteiger partial charge is 0.340 e. The van der Waals surface area contributed by atoms with Crippen LogP contribution in [0.15, 0.2) is 24.3 Å². The number of ether oxygens (including phenoxy) is 1. The van der Waals surface area contributed by atoms with Crippen LogP contribution in [0.5, 0.6) is 5.75 Å². The Kier molecular flexibility index (Phi) is 5.73. The molecule has 1 aromatic rings. The maximum Gasteiger partial charge on any atom is 0.340 e. The van der Waals surface area contributed by atoms with Crippen LogP contribution in [0.2, 0.25) is 0 Å². The highest BCUT2D eigenvalue weighted by atomic mass is 31.2. The molecule has 0 saturated carbocycles. The maximum absolute atomic E-state index is 12.7. The third kappa shape index (κ3) is 3.00. The lowest BCUT2D eigenvalue weighted by molar-refractivity contribution is 0.261. The van der Waals surface area contributed by atoms with Crippen LogP contribution in [0.25, 0.3) is 0 Å². The molecule has 6 nitrogen and oxygen atoms in total. The van der Waals surface area contributed by atoms with Crippen molar-refractivity contribution in [3.05, 3.63) is 29.8 Å². The molecule has 1 rings (SSSR count). The van der Waals surface area contributed by atoms with Crippen LogP contribution in [0.3, 0.4) is 0 Å². The lowest BCUT2D eigenvalue weighted by atomic mass is 10.0. The summed E-state index contributed by atoms with van der Waals surface area (Å²) < 4.78 is 27.8. The summed E-state index contributed by atoms with van der Waals surface area (Å²) in [6, 6.07) is 10.4. The Morgan fingerprint density at radius 3 is 2.10 bits per heavy atom. The summed E-state index contributed by atoms with van der Waals surface area (Å²) in [4.78, 5) is 0.